The molecule has 0 bridgehead atoms. The normalized spacial score (nSPS) is 17.2. The third-order valence-corrected chi connectivity index (χ3v) is 4.13. The first-order valence-electron chi connectivity index (χ1n) is 7.32. The van der Waals surface area contributed by atoms with Crippen LogP contribution in [0.2, 0.25) is 10.3 Å². The molecular weight excluding hydrogens is 327 g/mol. The van der Waals surface area contributed by atoms with Crippen LogP contribution in [0, 0.1) is 5.92 Å². The minimum Gasteiger partial charge on any atom is -0.460 e. The van der Waals surface area contributed by atoms with Gasteiger partial charge in [-0.15, -0.1) is 0 Å². The van der Waals surface area contributed by atoms with Gasteiger partial charge in [0.2, 0.25) is 0 Å². The van der Waals surface area contributed by atoms with Crippen molar-refractivity contribution in [2.45, 2.75) is 31.9 Å². The molecule has 1 aliphatic rings. The van der Waals surface area contributed by atoms with E-state index in [4.69, 9.17) is 32.7 Å². The number of ether oxygens (including phenoxy) is 2. The lowest BCUT2D eigenvalue weighted by molar-refractivity contribution is -0.148. The number of pyridine rings is 1. The minimum atomic E-state index is -0.309. The smallest absolute Gasteiger partial charge is 0.323 e. The van der Waals surface area contributed by atoms with Crippen LogP contribution in [0.1, 0.15) is 24.8 Å². The summed E-state index contributed by atoms with van der Waals surface area (Å²) in [5, 5.41) is 3.59. The number of nitrogens with zero attached hydrogens (tertiary/aromatic N) is 1. The van der Waals surface area contributed by atoms with E-state index in [0.717, 1.165) is 38.0 Å². The zero-order valence-corrected chi connectivity index (χ0v) is 14.0. The average molecular weight is 347 g/mol. The molecule has 122 valence electrons. The highest BCUT2D eigenvalue weighted by Gasteiger charge is 2.24. The number of aromatic nitrogens is 1. The highest BCUT2D eigenvalue weighted by molar-refractivity contribution is 6.32. The Morgan fingerprint density at radius 3 is 2.64 bits per heavy atom. The second-order valence-electron chi connectivity index (χ2n) is 5.36. The number of nitrogens with one attached hydrogen (secondary N) is 1. The van der Waals surface area contributed by atoms with E-state index < -0.39 is 0 Å². The lowest BCUT2D eigenvalue weighted by Gasteiger charge is -2.25. The quantitative estimate of drug-likeness (QED) is 0.633. The first-order chi connectivity index (χ1) is 10.6. The average Bonchev–Trinajstić information content (AvgIpc) is 2.50. The monoisotopic (exact) mass is 346 g/mol. The maximum atomic E-state index is 12.2. The van der Waals surface area contributed by atoms with E-state index in [9.17, 15) is 4.79 Å². The van der Waals surface area contributed by atoms with Gasteiger partial charge in [0.15, 0.2) is 0 Å². The summed E-state index contributed by atoms with van der Waals surface area (Å²) in [6.07, 6.45) is 2.73. The fourth-order valence-corrected chi connectivity index (χ4v) is 3.01. The van der Waals surface area contributed by atoms with E-state index in [1.54, 1.807) is 19.2 Å². The lowest BCUT2D eigenvalue weighted by Crippen LogP contribution is -2.38. The Hall–Kier alpha value is -0.880. The number of carbonyl (C=O) groups excluding carboxylic acids is 1. The Kier molecular flexibility index (Phi) is 6.89. The van der Waals surface area contributed by atoms with Gasteiger partial charge in [-0.1, -0.05) is 23.2 Å². The molecule has 0 saturated carbocycles. The van der Waals surface area contributed by atoms with Gasteiger partial charge in [-0.05, 0) is 49.9 Å². The lowest BCUT2D eigenvalue weighted by atomic mass is 9.92. The molecule has 1 saturated heterocycles. The predicted molar refractivity (Wildman–Crippen MR) is 85.1 cm³/mol. The van der Waals surface area contributed by atoms with Gasteiger partial charge in [0.1, 0.15) is 23.0 Å². The van der Waals surface area contributed by atoms with Gasteiger partial charge >= 0.3 is 5.97 Å². The number of hydrogen-bond donors (Lipinski definition) is 1. The molecule has 2 rings (SSSR count). The van der Waals surface area contributed by atoms with Crippen LogP contribution in [0.15, 0.2) is 12.1 Å². The van der Waals surface area contributed by atoms with E-state index >= 15 is 0 Å². The largest absolute Gasteiger partial charge is 0.460 e. The van der Waals surface area contributed by atoms with Crippen LogP contribution in [-0.2, 0) is 20.9 Å². The summed E-state index contributed by atoms with van der Waals surface area (Å²) in [7, 11) is 1.77. The van der Waals surface area contributed by atoms with E-state index in [0.29, 0.717) is 5.92 Å². The molecular formula is C15H20Cl2N2O3. The van der Waals surface area contributed by atoms with Crippen molar-refractivity contribution in [2.75, 3.05) is 20.3 Å². The van der Waals surface area contributed by atoms with Crippen molar-refractivity contribution in [2.24, 2.45) is 5.92 Å². The van der Waals surface area contributed by atoms with Crippen molar-refractivity contribution in [3.8, 4) is 0 Å². The van der Waals surface area contributed by atoms with Crippen LogP contribution in [0.4, 0.5) is 0 Å². The van der Waals surface area contributed by atoms with Crippen LogP contribution in [-0.4, -0.2) is 37.3 Å². The van der Waals surface area contributed by atoms with Crippen molar-refractivity contribution >= 4 is 29.2 Å². The van der Waals surface area contributed by atoms with Crippen molar-refractivity contribution in [3.63, 3.8) is 0 Å². The third kappa shape index (κ3) is 5.39. The van der Waals surface area contributed by atoms with Crippen molar-refractivity contribution in [1.29, 1.82) is 0 Å². The molecule has 0 radical (unpaired) electrons. The van der Waals surface area contributed by atoms with Crippen LogP contribution < -0.4 is 5.32 Å². The molecule has 1 aromatic heterocycles. The van der Waals surface area contributed by atoms with E-state index in [2.05, 4.69) is 10.3 Å². The highest BCUT2D eigenvalue weighted by atomic mass is 35.5. The Labute approximate surface area is 140 Å². The van der Waals surface area contributed by atoms with Gasteiger partial charge in [0, 0.05) is 13.2 Å². The molecule has 1 aliphatic heterocycles. The van der Waals surface area contributed by atoms with Crippen LogP contribution in [0.5, 0.6) is 0 Å². The minimum absolute atomic E-state index is 0.132. The van der Waals surface area contributed by atoms with Crippen LogP contribution in [0.3, 0.4) is 0 Å². The van der Waals surface area contributed by atoms with Crippen LogP contribution >= 0.6 is 23.2 Å². The van der Waals surface area contributed by atoms with Gasteiger partial charge in [0.05, 0.1) is 0 Å². The second-order valence-corrected chi connectivity index (χ2v) is 6.14. The first-order valence-corrected chi connectivity index (χ1v) is 8.07. The van der Waals surface area contributed by atoms with Gasteiger partial charge in [-0.3, -0.25) is 4.79 Å². The van der Waals surface area contributed by atoms with E-state index in [1.165, 1.54) is 0 Å². The zero-order chi connectivity index (χ0) is 15.9. The SMILES string of the molecule is CN[C@@H](CC1CCOCC1)C(=O)OCc1cc(Cl)nc(Cl)c1. The molecule has 1 atom stereocenters. The third-order valence-electron chi connectivity index (χ3n) is 3.75. The maximum absolute atomic E-state index is 12.2. The molecule has 1 N–H and O–H groups in total. The summed E-state index contributed by atoms with van der Waals surface area (Å²) in [6, 6.07) is 2.96. The van der Waals surface area contributed by atoms with Crippen LogP contribution in [0.25, 0.3) is 0 Å². The summed E-state index contributed by atoms with van der Waals surface area (Å²) >= 11 is 11.6. The molecule has 0 aliphatic carbocycles. The topological polar surface area (TPSA) is 60.5 Å². The summed E-state index contributed by atoms with van der Waals surface area (Å²) in [5.74, 6) is 0.224. The standard InChI is InChI=1S/C15H20Cl2N2O3/c1-18-12(6-10-2-4-21-5-3-10)15(20)22-9-11-7-13(16)19-14(17)8-11/h7-8,10,12,18H,2-6,9H2,1H3/t12-/m0/s1. The first kappa shape index (κ1) is 17.5. The summed E-state index contributed by atoms with van der Waals surface area (Å²) < 4.78 is 10.7. The fraction of sp³-hybridized carbons (Fsp3) is 0.600. The molecule has 22 heavy (non-hydrogen) atoms. The molecule has 5 nitrogen and oxygen atoms in total. The van der Waals surface area contributed by atoms with Crippen molar-refractivity contribution < 1.29 is 14.3 Å². The Morgan fingerprint density at radius 2 is 2.05 bits per heavy atom. The molecule has 0 unspecified atom stereocenters. The second kappa shape index (κ2) is 8.67. The van der Waals surface area contributed by atoms with E-state index in [-0.39, 0.29) is 28.9 Å². The molecule has 0 spiro atoms. The van der Waals surface area contributed by atoms with Crippen molar-refractivity contribution in [1.82, 2.24) is 10.3 Å². The van der Waals surface area contributed by atoms with Crippen molar-refractivity contribution in [3.05, 3.63) is 28.0 Å². The number of carbonyl (C=O) groups is 1. The summed E-state index contributed by atoms with van der Waals surface area (Å²) in [6.45, 7) is 1.67. The molecule has 0 amide bonds. The van der Waals surface area contributed by atoms with Gasteiger partial charge in [0.25, 0.3) is 0 Å². The molecule has 1 fully saturated rings. The number of likely N-dealkylation sites (N-methyl/N-ethyl adjacent to an activating group) is 1. The summed E-state index contributed by atoms with van der Waals surface area (Å²) in [4.78, 5) is 16.0. The number of halogens is 2. The number of hydrogen-bond acceptors (Lipinski definition) is 5. The number of rotatable bonds is 6. The predicted octanol–water partition coefficient (Wildman–Crippen LogP) is 2.84. The highest BCUT2D eigenvalue weighted by Crippen LogP contribution is 2.21. The Bertz CT molecular complexity index is 487. The fourth-order valence-electron chi connectivity index (χ4n) is 2.50. The molecule has 7 heteroatoms. The molecule has 2 heterocycles. The van der Waals surface area contributed by atoms with Gasteiger partial charge in [-0.2, -0.15) is 0 Å². The molecule has 1 aromatic rings. The van der Waals surface area contributed by atoms with Gasteiger partial charge < -0.3 is 14.8 Å². The number of esters is 1. The van der Waals surface area contributed by atoms with E-state index in [1.807, 2.05) is 0 Å². The van der Waals surface area contributed by atoms with Gasteiger partial charge in [-0.25, -0.2) is 4.98 Å². The Balaban J connectivity index is 1.85. The maximum Gasteiger partial charge on any atom is 0.323 e. The Morgan fingerprint density at radius 1 is 1.41 bits per heavy atom. The summed E-state index contributed by atoms with van der Waals surface area (Å²) in [5.41, 5.74) is 0.722. The zero-order valence-electron chi connectivity index (χ0n) is 12.5. The molecule has 0 aromatic carbocycles.